The standard InChI is InChI=1S/C13H15N5O5/c1-5(22-6(2)19)10(23-7(3)20)8-4-15-11-9(16-8)12(21)18-13(14)17-11/h4-5,10H,1-3H3,(H3,14,15,17,18,21)/t5-,10+/m0/s1. The number of hydrogen-bond donors (Lipinski definition) is 2. The summed E-state index contributed by atoms with van der Waals surface area (Å²) < 4.78 is 10.2. The van der Waals surface area contributed by atoms with Gasteiger partial charge in [-0.1, -0.05) is 0 Å². The van der Waals surface area contributed by atoms with E-state index in [9.17, 15) is 14.4 Å². The Morgan fingerprint density at radius 1 is 1.22 bits per heavy atom. The Kier molecular flexibility index (Phi) is 4.53. The number of nitrogen functional groups attached to an aromatic ring is 1. The van der Waals surface area contributed by atoms with E-state index >= 15 is 0 Å². The highest BCUT2D eigenvalue weighted by Gasteiger charge is 2.27. The van der Waals surface area contributed by atoms with Crippen molar-refractivity contribution < 1.29 is 19.1 Å². The van der Waals surface area contributed by atoms with Gasteiger partial charge in [-0.15, -0.1) is 0 Å². The van der Waals surface area contributed by atoms with E-state index in [1.54, 1.807) is 0 Å². The number of nitrogens with zero attached hydrogens (tertiary/aromatic N) is 3. The van der Waals surface area contributed by atoms with Crippen molar-refractivity contribution in [3.8, 4) is 0 Å². The van der Waals surface area contributed by atoms with Crippen LogP contribution in [0.5, 0.6) is 0 Å². The molecule has 0 aromatic carbocycles. The molecule has 0 amide bonds. The SMILES string of the molecule is CC(=O)O[C@@H](C)[C@@H](OC(C)=O)c1cnc2nc(N)[nH]c(=O)c2n1. The summed E-state index contributed by atoms with van der Waals surface area (Å²) in [5.74, 6) is -1.23. The first-order valence-corrected chi connectivity index (χ1v) is 6.64. The number of H-pyrrole nitrogens is 1. The van der Waals surface area contributed by atoms with E-state index in [1.165, 1.54) is 27.0 Å². The second kappa shape index (κ2) is 6.38. The summed E-state index contributed by atoms with van der Waals surface area (Å²) in [4.78, 5) is 48.5. The number of nitrogens with two attached hydrogens (primary N) is 1. The van der Waals surface area contributed by atoms with Gasteiger partial charge in [-0.25, -0.2) is 9.97 Å². The van der Waals surface area contributed by atoms with Crippen LogP contribution in [-0.4, -0.2) is 38.0 Å². The zero-order chi connectivity index (χ0) is 17.1. The molecule has 10 nitrogen and oxygen atoms in total. The van der Waals surface area contributed by atoms with Gasteiger partial charge in [0.2, 0.25) is 5.95 Å². The first-order chi connectivity index (χ1) is 10.8. The summed E-state index contributed by atoms with van der Waals surface area (Å²) >= 11 is 0. The van der Waals surface area contributed by atoms with Crippen molar-refractivity contribution in [2.45, 2.75) is 33.0 Å². The lowest BCUT2D eigenvalue weighted by atomic mass is 10.1. The molecule has 2 aromatic rings. The second-order valence-electron chi connectivity index (χ2n) is 4.76. The Morgan fingerprint density at radius 3 is 2.48 bits per heavy atom. The van der Waals surface area contributed by atoms with Crippen LogP contribution in [0.1, 0.15) is 32.6 Å². The maximum atomic E-state index is 11.9. The molecule has 0 fully saturated rings. The van der Waals surface area contributed by atoms with Crippen molar-refractivity contribution in [1.29, 1.82) is 0 Å². The third-order valence-electron chi connectivity index (χ3n) is 2.82. The van der Waals surface area contributed by atoms with Gasteiger partial charge >= 0.3 is 11.9 Å². The summed E-state index contributed by atoms with van der Waals surface area (Å²) in [6.07, 6.45) is -0.545. The molecule has 0 spiro atoms. The van der Waals surface area contributed by atoms with Crippen LogP contribution in [-0.2, 0) is 19.1 Å². The molecule has 122 valence electrons. The van der Waals surface area contributed by atoms with Crippen LogP contribution in [0.2, 0.25) is 0 Å². The second-order valence-corrected chi connectivity index (χ2v) is 4.76. The molecule has 0 radical (unpaired) electrons. The van der Waals surface area contributed by atoms with Crippen LogP contribution in [0.4, 0.5) is 5.95 Å². The minimum absolute atomic E-state index is 0.0525. The zero-order valence-electron chi connectivity index (χ0n) is 12.7. The van der Waals surface area contributed by atoms with Gasteiger partial charge in [0.15, 0.2) is 17.3 Å². The molecule has 0 aliphatic carbocycles. The Balaban J connectivity index is 2.49. The molecule has 10 heteroatoms. The molecule has 23 heavy (non-hydrogen) atoms. The van der Waals surface area contributed by atoms with Crippen LogP contribution >= 0.6 is 0 Å². The number of esters is 2. The lowest BCUT2D eigenvalue weighted by Crippen LogP contribution is -2.27. The van der Waals surface area contributed by atoms with E-state index in [0.717, 1.165) is 0 Å². The molecule has 0 saturated heterocycles. The summed E-state index contributed by atoms with van der Waals surface area (Å²) in [6, 6.07) is 0. The van der Waals surface area contributed by atoms with Gasteiger partial charge in [0.1, 0.15) is 11.8 Å². The fourth-order valence-corrected chi connectivity index (χ4v) is 1.98. The molecule has 0 saturated carbocycles. The fraction of sp³-hybridized carbons (Fsp3) is 0.385. The third-order valence-corrected chi connectivity index (χ3v) is 2.82. The van der Waals surface area contributed by atoms with Gasteiger partial charge in [-0.3, -0.25) is 19.4 Å². The van der Waals surface area contributed by atoms with Crippen LogP contribution < -0.4 is 11.3 Å². The van der Waals surface area contributed by atoms with Gasteiger partial charge in [0, 0.05) is 13.8 Å². The predicted molar refractivity (Wildman–Crippen MR) is 78.1 cm³/mol. The lowest BCUT2D eigenvalue weighted by Gasteiger charge is -2.22. The first kappa shape index (κ1) is 16.3. The van der Waals surface area contributed by atoms with E-state index in [1.807, 2.05) is 0 Å². The number of ether oxygens (including phenoxy) is 2. The van der Waals surface area contributed by atoms with Crippen LogP contribution in [0.25, 0.3) is 11.2 Å². The van der Waals surface area contributed by atoms with E-state index in [0.29, 0.717) is 0 Å². The van der Waals surface area contributed by atoms with Crippen molar-refractivity contribution in [3.63, 3.8) is 0 Å². The average molecular weight is 321 g/mol. The quantitative estimate of drug-likeness (QED) is 0.732. The molecule has 2 aromatic heterocycles. The molecule has 2 rings (SSSR count). The highest BCUT2D eigenvalue weighted by molar-refractivity contribution is 5.70. The molecular weight excluding hydrogens is 306 g/mol. The largest absolute Gasteiger partial charge is 0.458 e. The molecular formula is C13H15N5O5. The number of aromatic amines is 1. The number of hydrogen-bond acceptors (Lipinski definition) is 9. The first-order valence-electron chi connectivity index (χ1n) is 6.64. The van der Waals surface area contributed by atoms with E-state index in [-0.39, 0.29) is 22.8 Å². The minimum Gasteiger partial charge on any atom is -0.458 e. The van der Waals surface area contributed by atoms with Crippen molar-refractivity contribution in [1.82, 2.24) is 19.9 Å². The predicted octanol–water partition coefficient (Wildman–Crippen LogP) is -0.149. The smallest absolute Gasteiger partial charge is 0.303 e. The maximum absolute atomic E-state index is 11.9. The highest BCUT2D eigenvalue weighted by atomic mass is 16.6. The minimum atomic E-state index is -1.01. The van der Waals surface area contributed by atoms with Crippen molar-refractivity contribution in [2.75, 3.05) is 5.73 Å². The molecule has 2 heterocycles. The molecule has 0 unspecified atom stereocenters. The zero-order valence-corrected chi connectivity index (χ0v) is 12.7. The van der Waals surface area contributed by atoms with Gasteiger partial charge in [-0.05, 0) is 6.92 Å². The third kappa shape index (κ3) is 3.78. The number of carbonyl (C=O) groups excluding carboxylic acids is 2. The molecule has 3 N–H and O–H groups in total. The molecule has 0 bridgehead atoms. The topological polar surface area (TPSA) is 150 Å². The molecule has 0 aliphatic heterocycles. The Hall–Kier alpha value is -3.04. The van der Waals surface area contributed by atoms with E-state index in [4.69, 9.17) is 15.2 Å². The van der Waals surface area contributed by atoms with Crippen LogP contribution in [0, 0.1) is 0 Å². The Morgan fingerprint density at radius 2 is 1.87 bits per heavy atom. The number of rotatable bonds is 4. The van der Waals surface area contributed by atoms with Gasteiger partial charge < -0.3 is 15.2 Å². The number of fused-ring (bicyclic) bond motifs is 1. The maximum Gasteiger partial charge on any atom is 0.303 e. The van der Waals surface area contributed by atoms with Crippen LogP contribution in [0.15, 0.2) is 11.0 Å². The van der Waals surface area contributed by atoms with E-state index in [2.05, 4.69) is 19.9 Å². The summed E-state index contributed by atoms with van der Waals surface area (Å²) in [5, 5.41) is 0. The molecule has 0 aliphatic rings. The number of nitrogens with one attached hydrogen (secondary N) is 1. The summed E-state index contributed by atoms with van der Waals surface area (Å²) in [7, 11) is 0. The van der Waals surface area contributed by atoms with Crippen LogP contribution in [0.3, 0.4) is 0 Å². The fourth-order valence-electron chi connectivity index (χ4n) is 1.98. The van der Waals surface area contributed by atoms with E-state index < -0.39 is 29.7 Å². The number of anilines is 1. The molecule has 2 atom stereocenters. The normalized spacial score (nSPS) is 13.3. The van der Waals surface area contributed by atoms with Gasteiger partial charge in [-0.2, -0.15) is 4.98 Å². The summed E-state index contributed by atoms with van der Waals surface area (Å²) in [6.45, 7) is 3.97. The summed E-state index contributed by atoms with van der Waals surface area (Å²) in [5.41, 5.74) is 4.99. The number of carbonyl (C=O) groups is 2. The Bertz CT molecular complexity index is 818. The Labute approximate surface area is 130 Å². The van der Waals surface area contributed by atoms with Crippen molar-refractivity contribution in [3.05, 3.63) is 22.2 Å². The van der Waals surface area contributed by atoms with Crippen molar-refractivity contribution >= 4 is 29.1 Å². The average Bonchev–Trinajstić information content (AvgIpc) is 2.43. The van der Waals surface area contributed by atoms with Gasteiger partial charge in [0.05, 0.1) is 6.20 Å². The lowest BCUT2D eigenvalue weighted by molar-refractivity contribution is -0.164. The number of aromatic nitrogens is 4. The van der Waals surface area contributed by atoms with Gasteiger partial charge in [0.25, 0.3) is 5.56 Å². The van der Waals surface area contributed by atoms with Crippen molar-refractivity contribution in [2.24, 2.45) is 0 Å². The highest BCUT2D eigenvalue weighted by Crippen LogP contribution is 2.22. The monoisotopic (exact) mass is 321 g/mol.